The number of aromatic nitrogens is 2. The van der Waals surface area contributed by atoms with E-state index >= 15 is 0 Å². The number of nitrogens with zero attached hydrogens (tertiary/aromatic N) is 5. The van der Waals surface area contributed by atoms with Gasteiger partial charge in [-0.1, -0.05) is 24.3 Å². The molecule has 0 spiro atoms. The van der Waals surface area contributed by atoms with Crippen LogP contribution in [0.4, 0.5) is 30.5 Å². The predicted octanol–water partition coefficient (Wildman–Crippen LogP) is 3.87. The fourth-order valence-electron chi connectivity index (χ4n) is 5.79. The first-order chi connectivity index (χ1) is 20.3. The SMILES string of the molecule is COc1cc(N2CCN(C)CC2=O)ccc1Nc1ncc(C(F)(F)F)c(C[C@@H]2Cc3ccccc3[C@H]2N(C)S(C)(=O)=O)n1. The fourth-order valence-corrected chi connectivity index (χ4v) is 6.49. The molecule has 5 rings (SSSR count). The largest absolute Gasteiger partial charge is 0.494 e. The zero-order valence-corrected chi connectivity index (χ0v) is 25.0. The van der Waals surface area contributed by atoms with E-state index in [9.17, 15) is 26.4 Å². The van der Waals surface area contributed by atoms with E-state index in [1.165, 1.54) is 18.5 Å². The molecule has 0 bridgehead atoms. The predicted molar refractivity (Wildman–Crippen MR) is 156 cm³/mol. The zero-order valence-electron chi connectivity index (χ0n) is 24.2. The Labute approximate surface area is 248 Å². The molecule has 0 unspecified atom stereocenters. The van der Waals surface area contributed by atoms with E-state index in [-0.39, 0.29) is 30.5 Å². The first-order valence-electron chi connectivity index (χ1n) is 13.6. The Kier molecular flexibility index (Phi) is 8.38. The molecule has 1 aliphatic heterocycles. The van der Waals surface area contributed by atoms with E-state index in [2.05, 4.69) is 15.3 Å². The van der Waals surface area contributed by atoms with Crippen molar-refractivity contribution in [3.8, 4) is 5.75 Å². The third-order valence-electron chi connectivity index (χ3n) is 8.00. The van der Waals surface area contributed by atoms with Crippen molar-refractivity contribution >= 4 is 33.3 Å². The van der Waals surface area contributed by atoms with E-state index in [0.29, 0.717) is 36.6 Å². The summed E-state index contributed by atoms with van der Waals surface area (Å²) in [5.41, 5.74) is 1.47. The minimum atomic E-state index is -4.72. The van der Waals surface area contributed by atoms with Crippen molar-refractivity contribution in [1.82, 2.24) is 19.2 Å². The van der Waals surface area contributed by atoms with Gasteiger partial charge in [0, 0.05) is 38.1 Å². The molecule has 2 heterocycles. The number of hydrogen-bond donors (Lipinski definition) is 1. The Morgan fingerprint density at radius 2 is 1.91 bits per heavy atom. The van der Waals surface area contributed by atoms with Crippen LogP contribution in [0.1, 0.15) is 28.4 Å². The van der Waals surface area contributed by atoms with Crippen LogP contribution >= 0.6 is 0 Å². The second kappa shape index (κ2) is 11.7. The van der Waals surface area contributed by atoms with Gasteiger partial charge < -0.3 is 15.0 Å². The molecule has 1 N–H and O–H groups in total. The molecule has 43 heavy (non-hydrogen) atoms. The molecule has 2 aromatic carbocycles. The summed E-state index contributed by atoms with van der Waals surface area (Å²) in [6.07, 6.45) is -2.63. The Hall–Kier alpha value is -3.75. The molecule has 10 nitrogen and oxygen atoms in total. The third-order valence-corrected chi connectivity index (χ3v) is 9.27. The number of sulfonamides is 1. The molecular weight excluding hydrogens is 585 g/mol. The van der Waals surface area contributed by atoms with Crippen LogP contribution in [0, 0.1) is 5.92 Å². The van der Waals surface area contributed by atoms with Gasteiger partial charge in [-0.05, 0) is 49.1 Å². The number of nitrogens with one attached hydrogen (secondary N) is 1. The van der Waals surface area contributed by atoms with Crippen LogP contribution in [-0.4, -0.2) is 80.6 Å². The van der Waals surface area contributed by atoms with Gasteiger partial charge in [-0.2, -0.15) is 17.5 Å². The summed E-state index contributed by atoms with van der Waals surface area (Å²) < 4.78 is 74.1. The maximum atomic E-state index is 14.1. The number of rotatable bonds is 8. The van der Waals surface area contributed by atoms with Crippen molar-refractivity contribution in [2.45, 2.75) is 25.1 Å². The summed E-state index contributed by atoms with van der Waals surface area (Å²) in [6.45, 7) is 1.51. The molecule has 2 atom stereocenters. The Morgan fingerprint density at radius 3 is 2.58 bits per heavy atom. The van der Waals surface area contributed by atoms with Crippen LogP contribution in [0.15, 0.2) is 48.7 Å². The summed E-state index contributed by atoms with van der Waals surface area (Å²) in [6, 6.07) is 11.7. The highest BCUT2D eigenvalue weighted by molar-refractivity contribution is 7.88. The average molecular weight is 619 g/mol. The lowest BCUT2D eigenvalue weighted by Gasteiger charge is -2.32. The number of alkyl halides is 3. The highest BCUT2D eigenvalue weighted by atomic mass is 32.2. The average Bonchev–Trinajstić information content (AvgIpc) is 3.29. The van der Waals surface area contributed by atoms with Crippen LogP contribution in [0.25, 0.3) is 0 Å². The minimum Gasteiger partial charge on any atom is -0.494 e. The quantitative estimate of drug-likeness (QED) is 0.406. The Balaban J connectivity index is 1.46. The number of hydrogen-bond acceptors (Lipinski definition) is 8. The monoisotopic (exact) mass is 618 g/mol. The van der Waals surface area contributed by atoms with Crippen LogP contribution in [-0.2, 0) is 33.8 Å². The van der Waals surface area contributed by atoms with E-state index in [4.69, 9.17) is 4.74 Å². The van der Waals surface area contributed by atoms with Crippen LogP contribution < -0.4 is 15.0 Å². The van der Waals surface area contributed by atoms with Gasteiger partial charge in [-0.3, -0.25) is 9.69 Å². The second-order valence-corrected chi connectivity index (χ2v) is 13.0. The lowest BCUT2D eigenvalue weighted by atomic mass is 9.93. The number of anilines is 3. The molecule has 1 aliphatic carbocycles. The lowest BCUT2D eigenvalue weighted by molar-refractivity contribution is -0.138. The topological polar surface area (TPSA) is 108 Å². The number of carbonyl (C=O) groups is 1. The van der Waals surface area contributed by atoms with Gasteiger partial charge >= 0.3 is 6.18 Å². The first-order valence-corrected chi connectivity index (χ1v) is 15.5. The fraction of sp³-hybridized carbons (Fsp3) is 0.414. The first kappa shape index (κ1) is 30.7. The molecule has 1 fully saturated rings. The molecule has 2 aliphatic rings. The van der Waals surface area contributed by atoms with Crippen molar-refractivity contribution in [2.75, 3.05) is 57.3 Å². The number of piperazine rings is 1. The summed E-state index contributed by atoms with van der Waals surface area (Å²) in [7, 11) is 1.12. The Morgan fingerprint density at radius 1 is 1.16 bits per heavy atom. The van der Waals surface area contributed by atoms with Gasteiger partial charge in [0.25, 0.3) is 0 Å². The lowest BCUT2D eigenvalue weighted by Crippen LogP contribution is -2.48. The van der Waals surface area contributed by atoms with Crippen molar-refractivity contribution < 1.29 is 31.1 Å². The van der Waals surface area contributed by atoms with Crippen molar-refractivity contribution in [1.29, 1.82) is 0 Å². The number of likely N-dealkylation sites (N-methyl/N-ethyl adjacent to an activating group) is 1. The van der Waals surface area contributed by atoms with Gasteiger partial charge in [0.05, 0.1) is 42.9 Å². The van der Waals surface area contributed by atoms with E-state index in [0.717, 1.165) is 23.6 Å². The molecule has 1 saturated heterocycles. The summed E-state index contributed by atoms with van der Waals surface area (Å²) in [5, 5.41) is 2.96. The zero-order chi connectivity index (χ0) is 31.1. The summed E-state index contributed by atoms with van der Waals surface area (Å²) in [4.78, 5) is 24.4. The molecule has 3 aromatic rings. The van der Waals surface area contributed by atoms with E-state index < -0.39 is 33.7 Å². The second-order valence-electron chi connectivity index (χ2n) is 10.9. The molecule has 1 amide bonds. The number of methoxy groups -OCH3 is 1. The normalized spacial score (nSPS) is 19.5. The summed E-state index contributed by atoms with van der Waals surface area (Å²) in [5.74, 6) is -0.263. The van der Waals surface area contributed by atoms with Crippen LogP contribution in [0.5, 0.6) is 5.75 Å². The number of fused-ring (bicyclic) bond motifs is 1. The molecule has 230 valence electrons. The number of benzene rings is 2. The molecular formula is C29H33F3N6O4S. The van der Waals surface area contributed by atoms with E-state index in [1.807, 2.05) is 30.1 Å². The van der Waals surface area contributed by atoms with Gasteiger partial charge in [-0.15, -0.1) is 0 Å². The van der Waals surface area contributed by atoms with Crippen LogP contribution in [0.2, 0.25) is 0 Å². The molecule has 1 aromatic heterocycles. The van der Waals surface area contributed by atoms with E-state index in [1.54, 1.807) is 29.2 Å². The van der Waals surface area contributed by atoms with Crippen molar-refractivity contribution in [3.63, 3.8) is 0 Å². The van der Waals surface area contributed by atoms with Crippen molar-refractivity contribution in [3.05, 3.63) is 71.0 Å². The van der Waals surface area contributed by atoms with Gasteiger partial charge in [-0.25, -0.2) is 18.4 Å². The number of amides is 1. The van der Waals surface area contributed by atoms with Gasteiger partial charge in [0.15, 0.2) is 0 Å². The molecule has 14 heteroatoms. The maximum Gasteiger partial charge on any atom is 0.419 e. The maximum absolute atomic E-state index is 14.1. The Bertz CT molecular complexity index is 1630. The number of carbonyl (C=O) groups excluding carboxylic acids is 1. The van der Waals surface area contributed by atoms with Crippen molar-refractivity contribution in [2.24, 2.45) is 5.92 Å². The van der Waals surface area contributed by atoms with Gasteiger partial charge in [0.1, 0.15) is 5.75 Å². The summed E-state index contributed by atoms with van der Waals surface area (Å²) >= 11 is 0. The minimum absolute atomic E-state index is 0.0545. The number of ether oxygens (including phenoxy) is 1. The van der Waals surface area contributed by atoms with Crippen LogP contribution in [0.3, 0.4) is 0 Å². The molecule has 0 saturated carbocycles. The standard InChI is InChI=1S/C29H33F3N6O4S/c1-36-11-12-38(26(39)17-36)20-9-10-23(25(15-20)42-3)34-28-33-16-22(29(30,31)32)24(35-28)14-19-13-18-7-5-6-8-21(18)27(19)37(2)43(4,40)41/h5-10,15-16,19,27H,11-14,17H2,1-4H3,(H,33,34,35)/t19-,27-/m0/s1. The molecule has 0 radical (unpaired) electrons. The highest BCUT2D eigenvalue weighted by Gasteiger charge is 2.41. The highest BCUT2D eigenvalue weighted by Crippen LogP contribution is 2.44. The third kappa shape index (κ3) is 6.45. The van der Waals surface area contributed by atoms with Gasteiger partial charge in [0.2, 0.25) is 21.9 Å². The smallest absolute Gasteiger partial charge is 0.419 e. The number of halogens is 3.